The highest BCUT2D eigenvalue weighted by molar-refractivity contribution is 5.79. The highest BCUT2D eigenvalue weighted by Crippen LogP contribution is 2.32. The number of rotatable bonds is 6. The molecule has 2 heterocycles. The maximum atomic E-state index is 14.0. The molecule has 0 atom stereocenters. The number of fused-ring (bicyclic) bond motifs is 1. The van der Waals surface area contributed by atoms with E-state index in [4.69, 9.17) is 5.11 Å². The quantitative estimate of drug-likeness (QED) is 0.664. The molecule has 0 unspecified atom stereocenters. The Bertz CT molecular complexity index is 934. The molecule has 0 amide bonds. The average molecular weight is 341 g/mol. The first kappa shape index (κ1) is 17.0. The number of aryl methyl sites for hydroxylation is 1. The normalized spacial score (nSPS) is 11.0. The van der Waals surface area contributed by atoms with Crippen LogP contribution in [0.4, 0.5) is 10.2 Å². The molecule has 0 bridgehead atoms. The van der Waals surface area contributed by atoms with E-state index in [2.05, 4.69) is 10.3 Å². The summed E-state index contributed by atoms with van der Waals surface area (Å²) < 4.78 is 16.0. The predicted octanol–water partition coefficient (Wildman–Crippen LogP) is 4.03. The van der Waals surface area contributed by atoms with Crippen LogP contribution in [0.15, 0.2) is 36.4 Å². The van der Waals surface area contributed by atoms with Crippen molar-refractivity contribution in [3.05, 3.63) is 53.5 Å². The summed E-state index contributed by atoms with van der Waals surface area (Å²) in [6.45, 7) is 4.20. The highest BCUT2D eigenvalue weighted by Gasteiger charge is 2.17. The smallest absolute Gasteiger partial charge is 0.303 e. The van der Waals surface area contributed by atoms with Gasteiger partial charge in [-0.05, 0) is 44.0 Å². The van der Waals surface area contributed by atoms with Crippen LogP contribution in [-0.2, 0) is 4.79 Å². The Kier molecular flexibility index (Phi) is 4.70. The Balaban J connectivity index is 2.08. The van der Waals surface area contributed by atoms with Gasteiger partial charge in [-0.15, -0.1) is 0 Å². The van der Waals surface area contributed by atoms with Crippen LogP contribution in [0.1, 0.15) is 24.1 Å². The van der Waals surface area contributed by atoms with Gasteiger partial charge in [-0.1, -0.05) is 18.2 Å². The molecule has 3 rings (SSSR count). The van der Waals surface area contributed by atoms with E-state index in [0.717, 1.165) is 22.7 Å². The van der Waals surface area contributed by atoms with Gasteiger partial charge in [0.2, 0.25) is 0 Å². The van der Waals surface area contributed by atoms with Gasteiger partial charge in [-0.3, -0.25) is 9.20 Å². The first-order chi connectivity index (χ1) is 12.0. The lowest BCUT2D eigenvalue weighted by atomic mass is 10.1. The van der Waals surface area contributed by atoms with Gasteiger partial charge in [0.05, 0.1) is 0 Å². The molecule has 0 aliphatic rings. The Hall–Kier alpha value is -2.89. The summed E-state index contributed by atoms with van der Waals surface area (Å²) in [5.74, 6) is -0.340. The number of carboxylic acids is 1. The summed E-state index contributed by atoms with van der Waals surface area (Å²) in [6, 6.07) is 10.7. The highest BCUT2D eigenvalue weighted by atomic mass is 19.1. The van der Waals surface area contributed by atoms with Gasteiger partial charge in [-0.25, -0.2) is 9.37 Å². The molecule has 25 heavy (non-hydrogen) atoms. The van der Waals surface area contributed by atoms with Crippen LogP contribution in [0.25, 0.3) is 16.9 Å². The average Bonchev–Trinajstić information content (AvgIpc) is 2.94. The van der Waals surface area contributed by atoms with Crippen LogP contribution in [0.2, 0.25) is 0 Å². The van der Waals surface area contributed by atoms with Gasteiger partial charge in [0.15, 0.2) is 0 Å². The zero-order valence-electron chi connectivity index (χ0n) is 14.2. The van der Waals surface area contributed by atoms with Crippen molar-refractivity contribution in [2.24, 2.45) is 0 Å². The number of aromatic nitrogens is 2. The maximum absolute atomic E-state index is 14.0. The molecule has 3 aromatic rings. The first-order valence-corrected chi connectivity index (χ1v) is 8.18. The third-order valence-corrected chi connectivity index (χ3v) is 4.22. The van der Waals surface area contributed by atoms with Crippen molar-refractivity contribution < 1.29 is 14.3 Å². The molecule has 0 spiro atoms. The molecule has 2 N–H and O–H groups in total. The van der Waals surface area contributed by atoms with E-state index in [0.29, 0.717) is 24.2 Å². The maximum Gasteiger partial charge on any atom is 0.303 e. The zero-order valence-corrected chi connectivity index (χ0v) is 14.2. The molecule has 0 aliphatic heterocycles. The fraction of sp³-hybridized carbons (Fsp3) is 0.263. The lowest BCUT2D eigenvalue weighted by molar-refractivity contribution is -0.137. The van der Waals surface area contributed by atoms with Gasteiger partial charge in [0.25, 0.3) is 0 Å². The van der Waals surface area contributed by atoms with Gasteiger partial charge in [0.1, 0.15) is 23.0 Å². The standard InChI is InChI=1S/C19H20FN3O2/c1-12-6-3-9-16-22-18(14-7-4-8-15(20)13(14)2)19(23(12)16)21-11-5-10-17(24)25/h3-4,6-9,21H,5,10-11H2,1-2H3,(H,24,25). The fourth-order valence-electron chi connectivity index (χ4n) is 2.92. The number of carboxylic acid groups (broad SMARTS) is 1. The van der Waals surface area contributed by atoms with Crippen molar-refractivity contribution in [2.75, 3.05) is 11.9 Å². The predicted molar refractivity (Wildman–Crippen MR) is 95.4 cm³/mol. The molecular weight excluding hydrogens is 321 g/mol. The van der Waals surface area contributed by atoms with E-state index < -0.39 is 5.97 Å². The van der Waals surface area contributed by atoms with E-state index in [-0.39, 0.29) is 12.2 Å². The molecule has 2 aromatic heterocycles. The zero-order chi connectivity index (χ0) is 18.0. The molecule has 6 heteroatoms. The summed E-state index contributed by atoms with van der Waals surface area (Å²) >= 11 is 0. The van der Waals surface area contributed by atoms with Crippen molar-refractivity contribution in [3.8, 4) is 11.3 Å². The monoisotopic (exact) mass is 341 g/mol. The number of halogens is 1. The number of carbonyl (C=O) groups is 1. The van der Waals surface area contributed by atoms with E-state index in [1.165, 1.54) is 6.07 Å². The van der Waals surface area contributed by atoms with E-state index in [9.17, 15) is 9.18 Å². The second-order valence-electron chi connectivity index (χ2n) is 6.01. The Morgan fingerprint density at radius 2 is 2.00 bits per heavy atom. The fourth-order valence-corrected chi connectivity index (χ4v) is 2.92. The lowest BCUT2D eigenvalue weighted by Gasteiger charge is -2.11. The minimum Gasteiger partial charge on any atom is -0.481 e. The summed E-state index contributed by atoms with van der Waals surface area (Å²) in [5, 5.41) is 12.1. The number of benzene rings is 1. The van der Waals surface area contributed by atoms with Crippen molar-refractivity contribution in [2.45, 2.75) is 26.7 Å². The molecule has 0 aliphatic carbocycles. The SMILES string of the molecule is Cc1c(F)cccc1-c1nc2cccc(C)n2c1NCCCC(=O)O. The number of pyridine rings is 1. The summed E-state index contributed by atoms with van der Waals surface area (Å²) in [4.78, 5) is 15.4. The molecule has 0 saturated carbocycles. The van der Waals surface area contributed by atoms with Crippen molar-refractivity contribution in [1.82, 2.24) is 9.38 Å². The molecular formula is C19H20FN3O2. The van der Waals surface area contributed by atoms with Gasteiger partial charge < -0.3 is 10.4 Å². The van der Waals surface area contributed by atoms with Gasteiger partial charge >= 0.3 is 5.97 Å². The lowest BCUT2D eigenvalue weighted by Crippen LogP contribution is -2.08. The molecule has 0 fully saturated rings. The number of nitrogens with one attached hydrogen (secondary N) is 1. The Morgan fingerprint density at radius 3 is 2.76 bits per heavy atom. The number of anilines is 1. The Morgan fingerprint density at radius 1 is 1.24 bits per heavy atom. The van der Waals surface area contributed by atoms with Crippen LogP contribution in [0.5, 0.6) is 0 Å². The Labute approximate surface area is 145 Å². The van der Waals surface area contributed by atoms with E-state index in [1.54, 1.807) is 13.0 Å². The summed E-state index contributed by atoms with van der Waals surface area (Å²) in [5.41, 5.74) is 3.69. The molecule has 130 valence electrons. The number of nitrogens with zero attached hydrogens (tertiary/aromatic N) is 2. The minimum absolute atomic E-state index is 0.0943. The second kappa shape index (κ2) is 6.93. The van der Waals surface area contributed by atoms with Crippen LogP contribution < -0.4 is 5.32 Å². The van der Waals surface area contributed by atoms with Crippen LogP contribution in [0, 0.1) is 19.7 Å². The summed E-state index contributed by atoms with van der Waals surface area (Å²) in [6.07, 6.45) is 0.590. The van der Waals surface area contributed by atoms with Crippen LogP contribution in [-0.4, -0.2) is 27.0 Å². The third kappa shape index (κ3) is 3.33. The number of hydrogen-bond acceptors (Lipinski definition) is 3. The third-order valence-electron chi connectivity index (χ3n) is 4.22. The van der Waals surface area contributed by atoms with E-state index >= 15 is 0 Å². The number of imidazole rings is 1. The van der Waals surface area contributed by atoms with Crippen molar-refractivity contribution in [3.63, 3.8) is 0 Å². The van der Waals surface area contributed by atoms with Crippen LogP contribution >= 0.6 is 0 Å². The summed E-state index contributed by atoms with van der Waals surface area (Å²) in [7, 11) is 0. The van der Waals surface area contributed by atoms with E-state index in [1.807, 2.05) is 35.6 Å². The van der Waals surface area contributed by atoms with Crippen molar-refractivity contribution >= 4 is 17.4 Å². The minimum atomic E-state index is -0.822. The molecule has 1 aromatic carbocycles. The van der Waals surface area contributed by atoms with Crippen LogP contribution in [0.3, 0.4) is 0 Å². The molecule has 0 saturated heterocycles. The molecule has 0 radical (unpaired) electrons. The number of aliphatic carboxylic acids is 1. The largest absolute Gasteiger partial charge is 0.481 e. The molecule has 5 nitrogen and oxygen atoms in total. The number of hydrogen-bond donors (Lipinski definition) is 2. The van der Waals surface area contributed by atoms with Crippen molar-refractivity contribution in [1.29, 1.82) is 0 Å². The van der Waals surface area contributed by atoms with Gasteiger partial charge in [-0.2, -0.15) is 0 Å². The van der Waals surface area contributed by atoms with Gasteiger partial charge in [0, 0.05) is 24.2 Å². The second-order valence-corrected chi connectivity index (χ2v) is 6.01. The topological polar surface area (TPSA) is 66.6 Å². The first-order valence-electron chi connectivity index (χ1n) is 8.18.